The Morgan fingerprint density at radius 1 is 1.12 bits per heavy atom. The molecule has 0 bridgehead atoms. The number of amides is 1. The van der Waals surface area contributed by atoms with Gasteiger partial charge in [0.15, 0.2) is 0 Å². The van der Waals surface area contributed by atoms with Gasteiger partial charge in [-0.1, -0.05) is 17.2 Å². The number of hydrogen-bond donors (Lipinski definition) is 0. The largest absolute Gasteiger partial charge is 0.477 e. The van der Waals surface area contributed by atoms with Gasteiger partial charge in [0.1, 0.15) is 6.10 Å². The molecule has 1 aliphatic rings. The fourth-order valence-electron chi connectivity index (χ4n) is 2.98. The molecule has 0 saturated carbocycles. The number of likely N-dealkylation sites (tertiary alicyclic amines) is 1. The third kappa shape index (κ3) is 3.48. The van der Waals surface area contributed by atoms with E-state index in [1.165, 1.54) is 7.11 Å². The molecule has 3 rings (SSSR count). The summed E-state index contributed by atoms with van der Waals surface area (Å²) in [4.78, 5) is 22.7. The van der Waals surface area contributed by atoms with Crippen LogP contribution in [0.1, 0.15) is 27.9 Å². The minimum atomic E-state index is -0.106. The van der Waals surface area contributed by atoms with Gasteiger partial charge in [-0.3, -0.25) is 4.79 Å². The Morgan fingerprint density at radius 2 is 1.79 bits per heavy atom. The first-order valence-electron chi connectivity index (χ1n) is 7.96. The topological polar surface area (TPSA) is 64.6 Å². The van der Waals surface area contributed by atoms with Crippen molar-refractivity contribution >= 4 is 5.91 Å². The molecule has 1 fully saturated rings. The lowest BCUT2D eigenvalue weighted by atomic mass is 10.1. The molecule has 0 N–H and O–H groups in total. The molecule has 6 nitrogen and oxygen atoms in total. The van der Waals surface area contributed by atoms with E-state index in [9.17, 15) is 4.79 Å². The second-order valence-corrected chi connectivity index (χ2v) is 6.03. The lowest BCUT2D eigenvalue weighted by Gasteiger charge is -2.18. The maximum Gasteiger partial charge on any atom is 0.278 e. The van der Waals surface area contributed by atoms with E-state index >= 15 is 0 Å². The maximum atomic E-state index is 12.7. The highest BCUT2D eigenvalue weighted by atomic mass is 16.5. The molecule has 2 heterocycles. The summed E-state index contributed by atoms with van der Waals surface area (Å²) >= 11 is 0. The van der Waals surface area contributed by atoms with Crippen molar-refractivity contribution in [3.63, 3.8) is 0 Å². The Labute approximate surface area is 141 Å². The van der Waals surface area contributed by atoms with Crippen molar-refractivity contribution in [1.82, 2.24) is 14.9 Å². The van der Waals surface area contributed by atoms with Crippen LogP contribution in [-0.2, 0) is 0 Å². The standard InChI is InChI=1S/C18H21N3O3/c1-12-8-13(2)10-14(9-12)18(22)21-7-4-15(11-21)24-17-16(23-3)19-5-6-20-17/h5-6,8-10,15H,4,7,11H2,1-3H3. The van der Waals surface area contributed by atoms with Crippen molar-refractivity contribution in [2.24, 2.45) is 0 Å². The predicted molar refractivity (Wildman–Crippen MR) is 89.4 cm³/mol. The van der Waals surface area contributed by atoms with E-state index < -0.39 is 0 Å². The van der Waals surface area contributed by atoms with Crippen LogP contribution >= 0.6 is 0 Å². The Morgan fingerprint density at radius 3 is 2.46 bits per heavy atom. The molecule has 0 aliphatic carbocycles. The number of benzene rings is 1. The molecular formula is C18H21N3O3. The number of ether oxygens (including phenoxy) is 2. The van der Waals surface area contributed by atoms with Gasteiger partial charge in [-0.25, -0.2) is 9.97 Å². The van der Waals surface area contributed by atoms with E-state index in [-0.39, 0.29) is 12.0 Å². The van der Waals surface area contributed by atoms with Crippen molar-refractivity contribution in [2.75, 3.05) is 20.2 Å². The van der Waals surface area contributed by atoms with Gasteiger partial charge >= 0.3 is 0 Å². The highest BCUT2D eigenvalue weighted by molar-refractivity contribution is 5.94. The van der Waals surface area contributed by atoms with Gasteiger partial charge < -0.3 is 14.4 Å². The highest BCUT2D eigenvalue weighted by Gasteiger charge is 2.29. The first-order chi connectivity index (χ1) is 11.6. The number of nitrogens with zero attached hydrogens (tertiary/aromatic N) is 3. The molecule has 1 aromatic heterocycles. The van der Waals surface area contributed by atoms with Gasteiger partial charge in [-0.2, -0.15) is 0 Å². The van der Waals surface area contributed by atoms with Crippen LogP contribution in [0.2, 0.25) is 0 Å². The van der Waals surface area contributed by atoms with Crippen LogP contribution in [0.5, 0.6) is 11.8 Å². The molecule has 1 unspecified atom stereocenters. The predicted octanol–water partition coefficient (Wildman–Crippen LogP) is 2.40. The third-order valence-electron chi connectivity index (χ3n) is 4.01. The quantitative estimate of drug-likeness (QED) is 0.863. The SMILES string of the molecule is COc1nccnc1OC1CCN(C(=O)c2cc(C)cc(C)c2)C1. The zero-order valence-corrected chi connectivity index (χ0v) is 14.2. The fourth-order valence-corrected chi connectivity index (χ4v) is 2.98. The summed E-state index contributed by atoms with van der Waals surface area (Å²) < 4.78 is 11.0. The fraction of sp³-hybridized carbons (Fsp3) is 0.389. The van der Waals surface area contributed by atoms with Crippen LogP contribution in [0.3, 0.4) is 0 Å². The summed E-state index contributed by atoms with van der Waals surface area (Å²) in [5.41, 5.74) is 2.91. The van der Waals surface area contributed by atoms with Crippen molar-refractivity contribution in [1.29, 1.82) is 0 Å². The molecule has 1 aromatic carbocycles. The van der Waals surface area contributed by atoms with Gasteiger partial charge in [-0.05, 0) is 26.0 Å². The molecule has 24 heavy (non-hydrogen) atoms. The molecule has 126 valence electrons. The van der Waals surface area contributed by atoms with E-state index in [1.54, 1.807) is 12.4 Å². The second kappa shape index (κ2) is 6.86. The number of hydrogen-bond acceptors (Lipinski definition) is 5. The minimum Gasteiger partial charge on any atom is -0.477 e. The molecule has 1 atom stereocenters. The number of methoxy groups -OCH3 is 1. The Bertz CT molecular complexity index is 728. The highest BCUT2D eigenvalue weighted by Crippen LogP contribution is 2.24. The average molecular weight is 327 g/mol. The Balaban J connectivity index is 1.67. The van der Waals surface area contributed by atoms with Gasteiger partial charge in [-0.15, -0.1) is 0 Å². The van der Waals surface area contributed by atoms with E-state index in [4.69, 9.17) is 9.47 Å². The van der Waals surface area contributed by atoms with E-state index in [0.717, 1.165) is 23.1 Å². The molecule has 1 aliphatic heterocycles. The normalized spacial score (nSPS) is 17.0. The van der Waals surface area contributed by atoms with Gasteiger partial charge in [0.2, 0.25) is 0 Å². The van der Waals surface area contributed by atoms with E-state index in [0.29, 0.717) is 24.8 Å². The number of carbonyl (C=O) groups is 1. The summed E-state index contributed by atoms with van der Waals surface area (Å²) in [6, 6.07) is 5.91. The van der Waals surface area contributed by atoms with E-state index in [1.807, 2.05) is 30.9 Å². The monoisotopic (exact) mass is 327 g/mol. The second-order valence-electron chi connectivity index (χ2n) is 6.03. The van der Waals surface area contributed by atoms with Crippen molar-refractivity contribution in [3.05, 3.63) is 47.3 Å². The Kier molecular flexibility index (Phi) is 4.64. The van der Waals surface area contributed by atoms with Crippen LogP contribution in [-0.4, -0.2) is 47.1 Å². The number of carbonyl (C=O) groups excluding carboxylic acids is 1. The number of rotatable bonds is 4. The summed E-state index contributed by atoms with van der Waals surface area (Å²) in [5, 5.41) is 0. The molecule has 0 radical (unpaired) electrons. The smallest absolute Gasteiger partial charge is 0.278 e. The molecular weight excluding hydrogens is 306 g/mol. The van der Waals surface area contributed by atoms with Crippen molar-refractivity contribution in [3.8, 4) is 11.8 Å². The summed E-state index contributed by atoms with van der Waals surface area (Å²) in [7, 11) is 1.53. The van der Waals surface area contributed by atoms with E-state index in [2.05, 4.69) is 16.0 Å². The van der Waals surface area contributed by atoms with Crippen LogP contribution in [0, 0.1) is 13.8 Å². The third-order valence-corrected chi connectivity index (χ3v) is 4.01. The Hall–Kier alpha value is -2.63. The van der Waals surface area contributed by atoms with Crippen molar-refractivity contribution < 1.29 is 14.3 Å². The van der Waals surface area contributed by atoms with Gasteiger partial charge in [0.05, 0.1) is 13.7 Å². The van der Waals surface area contributed by atoms with Crippen LogP contribution in [0.15, 0.2) is 30.6 Å². The first-order valence-corrected chi connectivity index (χ1v) is 7.96. The first kappa shape index (κ1) is 16.2. The summed E-state index contributed by atoms with van der Waals surface area (Å²) in [5.74, 6) is 0.765. The lowest BCUT2D eigenvalue weighted by Crippen LogP contribution is -2.31. The van der Waals surface area contributed by atoms with Gasteiger partial charge in [0, 0.05) is 30.9 Å². The van der Waals surface area contributed by atoms with Crippen LogP contribution in [0.25, 0.3) is 0 Å². The number of aromatic nitrogens is 2. The summed E-state index contributed by atoms with van der Waals surface area (Å²) in [6.07, 6.45) is 3.77. The molecule has 6 heteroatoms. The van der Waals surface area contributed by atoms with Crippen LogP contribution in [0.4, 0.5) is 0 Å². The minimum absolute atomic E-state index is 0.0408. The number of aryl methyl sites for hydroxylation is 2. The molecule has 0 spiro atoms. The molecule has 1 amide bonds. The van der Waals surface area contributed by atoms with Crippen molar-refractivity contribution in [2.45, 2.75) is 26.4 Å². The van der Waals surface area contributed by atoms with Crippen LogP contribution < -0.4 is 9.47 Å². The zero-order valence-electron chi connectivity index (χ0n) is 14.2. The maximum absolute atomic E-state index is 12.7. The zero-order chi connectivity index (χ0) is 17.1. The van der Waals surface area contributed by atoms with Gasteiger partial charge in [0.25, 0.3) is 17.7 Å². The average Bonchev–Trinajstić information content (AvgIpc) is 3.02. The summed E-state index contributed by atoms with van der Waals surface area (Å²) in [6.45, 7) is 5.20. The lowest BCUT2D eigenvalue weighted by molar-refractivity contribution is 0.0770. The molecule has 1 saturated heterocycles. The molecule has 2 aromatic rings.